The van der Waals surface area contributed by atoms with Crippen LogP contribution in [0.4, 0.5) is 0 Å². The van der Waals surface area contributed by atoms with Gasteiger partial charge in [-0.3, -0.25) is 4.57 Å². The number of imidazole rings is 1. The minimum atomic E-state index is -0.999. The van der Waals surface area contributed by atoms with E-state index in [0.29, 0.717) is 11.1 Å². The molecule has 0 radical (unpaired) electrons. The van der Waals surface area contributed by atoms with Gasteiger partial charge in [0, 0.05) is 5.69 Å². The van der Waals surface area contributed by atoms with Gasteiger partial charge >= 0.3 is 5.97 Å². The van der Waals surface area contributed by atoms with Gasteiger partial charge in [0.25, 0.3) is 0 Å². The number of para-hydroxylation sites is 1. The fourth-order valence-electron chi connectivity index (χ4n) is 2.11. The summed E-state index contributed by atoms with van der Waals surface area (Å²) in [6.45, 7) is 0. The second-order valence-corrected chi connectivity index (χ2v) is 4.25. The molecule has 3 aromatic rings. The summed E-state index contributed by atoms with van der Waals surface area (Å²) in [6, 6.07) is 14.1. The minimum absolute atomic E-state index is 0.176. The van der Waals surface area contributed by atoms with Crippen LogP contribution < -0.4 is 0 Å². The Labute approximate surface area is 114 Å². The predicted octanol–water partition coefficient (Wildman–Crippen LogP) is 2.60. The molecule has 2 aromatic carbocycles. The lowest BCUT2D eigenvalue weighted by Crippen LogP contribution is -1.98. The summed E-state index contributed by atoms with van der Waals surface area (Å²) in [7, 11) is 0. The maximum Gasteiger partial charge on any atom is 0.337 e. The molecule has 96 valence electrons. The van der Waals surface area contributed by atoms with Crippen molar-refractivity contribution in [2.45, 2.75) is 0 Å². The number of rotatable bonds is 2. The van der Waals surface area contributed by atoms with Crippen LogP contribution >= 0.6 is 0 Å². The van der Waals surface area contributed by atoms with Crippen molar-refractivity contribution in [2.75, 3.05) is 0 Å². The first kappa shape index (κ1) is 11.9. The number of hydrogen-bond donors (Lipinski definition) is 1. The van der Waals surface area contributed by atoms with Gasteiger partial charge in [-0.25, -0.2) is 9.78 Å². The molecule has 0 aliphatic rings. The third-order valence-electron chi connectivity index (χ3n) is 3.08. The predicted molar refractivity (Wildman–Crippen MR) is 72.7 cm³/mol. The summed E-state index contributed by atoms with van der Waals surface area (Å²) < 4.78 is 1.79. The number of fused-ring (bicyclic) bond motifs is 1. The maximum absolute atomic E-state index is 11.2. The number of nitriles is 1. The molecule has 0 saturated carbocycles. The van der Waals surface area contributed by atoms with Crippen LogP contribution in [-0.2, 0) is 0 Å². The van der Waals surface area contributed by atoms with E-state index in [1.165, 1.54) is 6.07 Å². The van der Waals surface area contributed by atoms with Crippen molar-refractivity contribution in [1.29, 1.82) is 5.26 Å². The number of carboxylic acid groups (broad SMARTS) is 1. The zero-order valence-electron chi connectivity index (χ0n) is 10.3. The maximum atomic E-state index is 11.2. The van der Waals surface area contributed by atoms with E-state index in [0.717, 1.165) is 11.2 Å². The highest BCUT2D eigenvalue weighted by Crippen LogP contribution is 2.21. The molecule has 5 heteroatoms. The van der Waals surface area contributed by atoms with Crippen LogP contribution in [0.1, 0.15) is 15.9 Å². The van der Waals surface area contributed by atoms with Gasteiger partial charge in [0.05, 0.1) is 22.7 Å². The molecule has 0 atom stereocenters. The normalized spacial score (nSPS) is 10.3. The van der Waals surface area contributed by atoms with Gasteiger partial charge < -0.3 is 5.11 Å². The third kappa shape index (κ3) is 1.80. The van der Waals surface area contributed by atoms with Crippen LogP contribution in [0.25, 0.3) is 16.7 Å². The van der Waals surface area contributed by atoms with Gasteiger partial charge in [-0.15, -0.1) is 0 Å². The van der Waals surface area contributed by atoms with E-state index in [1.54, 1.807) is 41.2 Å². The van der Waals surface area contributed by atoms with Crippen molar-refractivity contribution in [2.24, 2.45) is 0 Å². The van der Waals surface area contributed by atoms with Crippen LogP contribution in [0.5, 0.6) is 0 Å². The van der Waals surface area contributed by atoms with Crippen molar-refractivity contribution in [3.63, 3.8) is 0 Å². The molecule has 0 fully saturated rings. The third-order valence-corrected chi connectivity index (χ3v) is 3.08. The number of aromatic carboxylic acids is 1. The van der Waals surface area contributed by atoms with Crippen LogP contribution in [-0.4, -0.2) is 20.6 Å². The molecular formula is C15H9N3O2. The summed E-state index contributed by atoms with van der Waals surface area (Å²) >= 11 is 0. The molecular weight excluding hydrogens is 254 g/mol. The van der Waals surface area contributed by atoms with E-state index < -0.39 is 5.97 Å². The molecule has 0 amide bonds. The number of carboxylic acids is 1. The number of nitrogens with zero attached hydrogens (tertiary/aromatic N) is 3. The summed E-state index contributed by atoms with van der Waals surface area (Å²) in [4.78, 5) is 15.3. The van der Waals surface area contributed by atoms with Crippen LogP contribution in [0.15, 0.2) is 48.8 Å². The first-order valence-electron chi connectivity index (χ1n) is 5.90. The molecule has 20 heavy (non-hydrogen) atoms. The van der Waals surface area contributed by atoms with Crippen LogP contribution in [0.3, 0.4) is 0 Å². The average Bonchev–Trinajstić information content (AvgIpc) is 2.91. The quantitative estimate of drug-likeness (QED) is 0.770. The van der Waals surface area contributed by atoms with Gasteiger partial charge in [-0.1, -0.05) is 6.07 Å². The first-order chi connectivity index (χ1) is 9.70. The van der Waals surface area contributed by atoms with Gasteiger partial charge in [-0.05, 0) is 36.4 Å². The highest BCUT2D eigenvalue weighted by Gasteiger charge is 2.12. The number of hydrogen-bond acceptors (Lipinski definition) is 3. The van der Waals surface area contributed by atoms with Crippen molar-refractivity contribution >= 4 is 17.0 Å². The zero-order valence-corrected chi connectivity index (χ0v) is 10.3. The highest BCUT2D eigenvalue weighted by molar-refractivity contribution is 6.01. The Kier molecular flexibility index (Phi) is 2.70. The molecule has 0 saturated heterocycles. The SMILES string of the molecule is N#Cc1ccc(-n2cnc3c(C(=O)O)cccc32)cc1. The number of aromatic nitrogens is 2. The lowest BCUT2D eigenvalue weighted by atomic mass is 10.2. The Hall–Kier alpha value is -3.13. The Balaban J connectivity index is 2.20. The molecule has 1 heterocycles. The van der Waals surface area contributed by atoms with E-state index in [1.807, 2.05) is 6.07 Å². The standard InChI is InChI=1S/C15H9N3O2/c16-8-10-4-6-11(7-5-10)18-9-17-14-12(15(19)20)2-1-3-13(14)18/h1-7,9H,(H,19,20). The number of benzene rings is 2. The lowest BCUT2D eigenvalue weighted by molar-refractivity contribution is 0.0699. The summed E-state index contributed by atoms with van der Waals surface area (Å²) in [6.07, 6.45) is 1.58. The van der Waals surface area contributed by atoms with E-state index >= 15 is 0 Å². The van der Waals surface area contributed by atoms with Crippen LogP contribution in [0, 0.1) is 11.3 Å². The molecule has 0 unspecified atom stereocenters. The fourth-order valence-corrected chi connectivity index (χ4v) is 2.11. The Morgan fingerprint density at radius 3 is 2.60 bits per heavy atom. The van der Waals surface area contributed by atoms with E-state index in [2.05, 4.69) is 11.1 Å². The molecule has 1 aromatic heterocycles. The Morgan fingerprint density at radius 2 is 1.95 bits per heavy atom. The average molecular weight is 263 g/mol. The zero-order chi connectivity index (χ0) is 14.1. The molecule has 0 bridgehead atoms. The monoisotopic (exact) mass is 263 g/mol. The van der Waals surface area contributed by atoms with Crippen LogP contribution in [0.2, 0.25) is 0 Å². The molecule has 5 nitrogen and oxygen atoms in total. The molecule has 0 spiro atoms. The topological polar surface area (TPSA) is 78.9 Å². The van der Waals surface area contributed by atoms with Crippen molar-refractivity contribution < 1.29 is 9.90 Å². The van der Waals surface area contributed by atoms with E-state index in [9.17, 15) is 4.79 Å². The van der Waals surface area contributed by atoms with Gasteiger partial charge in [-0.2, -0.15) is 5.26 Å². The second-order valence-electron chi connectivity index (χ2n) is 4.25. The molecule has 1 N–H and O–H groups in total. The Bertz CT molecular complexity index is 842. The summed E-state index contributed by atoms with van der Waals surface area (Å²) in [5, 5.41) is 17.9. The van der Waals surface area contributed by atoms with Gasteiger partial charge in [0.2, 0.25) is 0 Å². The van der Waals surface area contributed by atoms with Gasteiger partial charge in [0.15, 0.2) is 0 Å². The summed E-state index contributed by atoms with van der Waals surface area (Å²) in [5.41, 5.74) is 2.74. The lowest BCUT2D eigenvalue weighted by Gasteiger charge is -2.04. The largest absolute Gasteiger partial charge is 0.478 e. The Morgan fingerprint density at radius 1 is 1.20 bits per heavy atom. The highest BCUT2D eigenvalue weighted by atomic mass is 16.4. The first-order valence-corrected chi connectivity index (χ1v) is 5.90. The fraction of sp³-hybridized carbons (Fsp3) is 0. The van der Waals surface area contributed by atoms with Crippen molar-refractivity contribution in [1.82, 2.24) is 9.55 Å². The number of carbonyl (C=O) groups is 1. The van der Waals surface area contributed by atoms with Crippen molar-refractivity contribution in [3.05, 3.63) is 59.9 Å². The molecule has 0 aliphatic heterocycles. The second kappa shape index (κ2) is 4.52. The van der Waals surface area contributed by atoms with E-state index in [4.69, 9.17) is 10.4 Å². The van der Waals surface area contributed by atoms with Gasteiger partial charge in [0.1, 0.15) is 11.8 Å². The minimum Gasteiger partial charge on any atom is -0.478 e. The smallest absolute Gasteiger partial charge is 0.337 e. The summed E-state index contributed by atoms with van der Waals surface area (Å²) in [5.74, 6) is -0.999. The van der Waals surface area contributed by atoms with E-state index in [-0.39, 0.29) is 5.56 Å². The molecule has 3 rings (SSSR count). The molecule has 0 aliphatic carbocycles. The van der Waals surface area contributed by atoms with Crippen molar-refractivity contribution in [3.8, 4) is 11.8 Å².